The van der Waals surface area contributed by atoms with Crippen LogP contribution >= 0.6 is 0 Å². The van der Waals surface area contributed by atoms with Crippen LogP contribution in [0.4, 0.5) is 0 Å². The summed E-state index contributed by atoms with van der Waals surface area (Å²) >= 11 is 0. The first-order valence-electron chi connectivity index (χ1n) is 5.59. The van der Waals surface area contributed by atoms with Crippen molar-refractivity contribution in [3.8, 4) is 0 Å². The van der Waals surface area contributed by atoms with Gasteiger partial charge in [-0.3, -0.25) is 14.4 Å². The molecule has 0 spiro atoms. The van der Waals surface area contributed by atoms with E-state index in [4.69, 9.17) is 9.66 Å². The Balaban J connectivity index is 2.26. The lowest BCUT2D eigenvalue weighted by Crippen LogP contribution is -2.49. The molecule has 0 bridgehead atoms. The smallest absolute Gasteiger partial charge is 0.267 e. The van der Waals surface area contributed by atoms with Crippen molar-refractivity contribution < 1.29 is 23.2 Å². The molecule has 1 aliphatic rings. The van der Waals surface area contributed by atoms with Gasteiger partial charge in [-0.05, 0) is 0 Å². The maximum absolute atomic E-state index is 10.6. The fourth-order valence-corrected chi connectivity index (χ4v) is 2.52. The Kier molecular flexibility index (Phi) is 5.77. The third kappa shape index (κ3) is 6.29. The second-order valence-electron chi connectivity index (χ2n) is 4.27. The fraction of sp³-hybridized carbons (Fsp3) is 1.00. The molecular formula is C9H20N2O5S. The van der Waals surface area contributed by atoms with Crippen molar-refractivity contribution in [2.24, 2.45) is 0 Å². The van der Waals surface area contributed by atoms with E-state index in [0.717, 1.165) is 26.2 Å². The van der Waals surface area contributed by atoms with Gasteiger partial charge in [0, 0.05) is 39.3 Å². The van der Waals surface area contributed by atoms with Crippen LogP contribution in [0.5, 0.6) is 0 Å². The van der Waals surface area contributed by atoms with Gasteiger partial charge in [0.15, 0.2) is 0 Å². The van der Waals surface area contributed by atoms with Crippen molar-refractivity contribution in [3.63, 3.8) is 0 Å². The Morgan fingerprint density at radius 2 is 1.65 bits per heavy atom. The van der Waals surface area contributed by atoms with Crippen LogP contribution in [0.15, 0.2) is 0 Å². The number of aliphatic hydroxyl groups excluding tert-OH is 2. The van der Waals surface area contributed by atoms with E-state index >= 15 is 0 Å². The molecule has 0 aromatic heterocycles. The zero-order valence-corrected chi connectivity index (χ0v) is 10.5. The first kappa shape index (κ1) is 14.8. The minimum Gasteiger partial charge on any atom is -0.395 e. The second kappa shape index (κ2) is 6.62. The Morgan fingerprint density at radius 1 is 1.12 bits per heavy atom. The van der Waals surface area contributed by atoms with Crippen molar-refractivity contribution in [1.82, 2.24) is 9.80 Å². The highest BCUT2D eigenvalue weighted by molar-refractivity contribution is 7.85. The first-order chi connectivity index (χ1) is 7.90. The van der Waals surface area contributed by atoms with Crippen LogP contribution in [0.3, 0.4) is 0 Å². The van der Waals surface area contributed by atoms with Crippen molar-refractivity contribution in [1.29, 1.82) is 0 Å². The van der Waals surface area contributed by atoms with Crippen LogP contribution in [-0.2, 0) is 10.1 Å². The summed E-state index contributed by atoms with van der Waals surface area (Å²) in [6, 6.07) is 0. The van der Waals surface area contributed by atoms with Crippen LogP contribution in [0.25, 0.3) is 0 Å². The summed E-state index contributed by atoms with van der Waals surface area (Å²) in [4.78, 5) is 4.05. The molecule has 0 unspecified atom stereocenters. The SMILES string of the molecule is O=S(=O)(O)C[C@H](O)CN1CCN(CCO)CC1. The van der Waals surface area contributed by atoms with Crippen LogP contribution in [0.2, 0.25) is 0 Å². The van der Waals surface area contributed by atoms with Crippen LogP contribution < -0.4 is 0 Å². The van der Waals surface area contributed by atoms with E-state index in [9.17, 15) is 13.5 Å². The molecule has 8 heteroatoms. The van der Waals surface area contributed by atoms with Gasteiger partial charge in [0.1, 0.15) is 5.75 Å². The molecular weight excluding hydrogens is 248 g/mol. The summed E-state index contributed by atoms with van der Waals surface area (Å²) in [5.41, 5.74) is 0. The molecule has 3 N–H and O–H groups in total. The first-order valence-corrected chi connectivity index (χ1v) is 7.20. The van der Waals surface area contributed by atoms with E-state index in [2.05, 4.69) is 4.90 Å². The summed E-state index contributed by atoms with van der Waals surface area (Å²) in [7, 11) is -4.11. The third-order valence-electron chi connectivity index (χ3n) is 2.75. The summed E-state index contributed by atoms with van der Waals surface area (Å²) in [6.07, 6.45) is -1.06. The number of aliphatic hydroxyl groups is 2. The summed E-state index contributed by atoms with van der Waals surface area (Å²) < 4.78 is 29.7. The molecule has 102 valence electrons. The lowest BCUT2D eigenvalue weighted by Gasteiger charge is -2.35. The van der Waals surface area contributed by atoms with Gasteiger partial charge in [-0.25, -0.2) is 0 Å². The molecule has 0 amide bonds. The topological polar surface area (TPSA) is 101 Å². The van der Waals surface area contributed by atoms with Gasteiger partial charge in [-0.15, -0.1) is 0 Å². The average molecular weight is 268 g/mol. The van der Waals surface area contributed by atoms with Crippen molar-refractivity contribution in [2.45, 2.75) is 6.10 Å². The van der Waals surface area contributed by atoms with Gasteiger partial charge in [0.2, 0.25) is 0 Å². The summed E-state index contributed by atoms with van der Waals surface area (Å²) in [5, 5.41) is 18.2. The average Bonchev–Trinajstić information content (AvgIpc) is 2.18. The van der Waals surface area contributed by atoms with E-state index < -0.39 is 22.0 Å². The minimum atomic E-state index is -4.11. The standard InChI is InChI=1S/C9H20N2O5S/c12-6-5-10-1-3-11(4-2-10)7-9(13)8-17(14,15)16/h9,12-13H,1-8H2,(H,14,15,16)/t9-/m1/s1. The van der Waals surface area contributed by atoms with Crippen LogP contribution in [0.1, 0.15) is 0 Å². The van der Waals surface area contributed by atoms with Crippen LogP contribution in [-0.4, -0.2) is 90.7 Å². The lowest BCUT2D eigenvalue weighted by molar-refractivity contribution is 0.0737. The number of piperazine rings is 1. The van der Waals surface area contributed by atoms with E-state index in [0.29, 0.717) is 6.54 Å². The van der Waals surface area contributed by atoms with E-state index in [1.54, 1.807) is 0 Å². The zero-order valence-electron chi connectivity index (χ0n) is 9.70. The van der Waals surface area contributed by atoms with Crippen molar-refractivity contribution in [2.75, 3.05) is 51.6 Å². The predicted octanol–water partition coefficient (Wildman–Crippen LogP) is -2.15. The number of nitrogens with zero attached hydrogens (tertiary/aromatic N) is 2. The molecule has 0 aromatic carbocycles. The Morgan fingerprint density at radius 3 is 2.12 bits per heavy atom. The molecule has 1 rings (SSSR count). The van der Waals surface area contributed by atoms with Gasteiger partial charge in [0.05, 0.1) is 12.7 Å². The maximum Gasteiger partial charge on any atom is 0.267 e. The second-order valence-corrected chi connectivity index (χ2v) is 5.77. The van der Waals surface area contributed by atoms with Crippen LogP contribution in [0, 0.1) is 0 Å². The predicted molar refractivity (Wildman–Crippen MR) is 62.4 cm³/mol. The Labute approximate surface area is 101 Å². The number of rotatable bonds is 6. The minimum absolute atomic E-state index is 0.130. The van der Waals surface area contributed by atoms with E-state index in [1.807, 2.05) is 4.90 Å². The highest BCUT2D eigenvalue weighted by Crippen LogP contribution is 2.03. The summed E-state index contributed by atoms with van der Waals surface area (Å²) in [5.74, 6) is -0.621. The molecule has 1 saturated heterocycles. The van der Waals surface area contributed by atoms with E-state index in [1.165, 1.54) is 0 Å². The molecule has 1 fully saturated rings. The molecule has 17 heavy (non-hydrogen) atoms. The highest BCUT2D eigenvalue weighted by atomic mass is 32.2. The Hall–Kier alpha value is -0.250. The van der Waals surface area contributed by atoms with Gasteiger partial charge in [-0.1, -0.05) is 0 Å². The number of hydrogen-bond donors (Lipinski definition) is 3. The summed E-state index contributed by atoms with van der Waals surface area (Å²) in [6.45, 7) is 4.04. The van der Waals surface area contributed by atoms with Gasteiger partial charge in [0.25, 0.3) is 10.1 Å². The fourth-order valence-electron chi connectivity index (χ4n) is 1.93. The molecule has 1 aliphatic heterocycles. The van der Waals surface area contributed by atoms with Crippen molar-refractivity contribution >= 4 is 10.1 Å². The third-order valence-corrected chi connectivity index (χ3v) is 3.56. The molecule has 0 aromatic rings. The molecule has 0 aliphatic carbocycles. The molecule has 0 saturated carbocycles. The molecule has 1 atom stereocenters. The zero-order chi connectivity index (χ0) is 12.9. The lowest BCUT2D eigenvalue weighted by atomic mass is 10.3. The van der Waals surface area contributed by atoms with Crippen molar-refractivity contribution in [3.05, 3.63) is 0 Å². The number of hydrogen-bond acceptors (Lipinski definition) is 6. The van der Waals surface area contributed by atoms with Gasteiger partial charge < -0.3 is 10.2 Å². The maximum atomic E-state index is 10.6. The Bertz CT molecular complexity index is 313. The molecule has 1 heterocycles. The van der Waals surface area contributed by atoms with Gasteiger partial charge in [-0.2, -0.15) is 8.42 Å². The number of β-amino-alcohol motifs (C(OH)–C–C–N with tert-alkyl or cyclic N) is 2. The van der Waals surface area contributed by atoms with Gasteiger partial charge >= 0.3 is 0 Å². The molecule has 7 nitrogen and oxygen atoms in total. The highest BCUT2D eigenvalue weighted by Gasteiger charge is 2.21. The quantitative estimate of drug-likeness (QED) is 0.472. The monoisotopic (exact) mass is 268 g/mol. The normalized spacial score (nSPS) is 21.6. The van der Waals surface area contributed by atoms with E-state index in [-0.39, 0.29) is 13.2 Å². The molecule has 0 radical (unpaired) electrons. The largest absolute Gasteiger partial charge is 0.395 e.